The van der Waals surface area contributed by atoms with Crippen LogP contribution < -0.4 is 11.1 Å². The van der Waals surface area contributed by atoms with E-state index in [2.05, 4.69) is 21.2 Å². The minimum atomic E-state index is -0.687. The molecule has 82 valence electrons. The summed E-state index contributed by atoms with van der Waals surface area (Å²) in [6, 6.07) is 7.64. The summed E-state index contributed by atoms with van der Waals surface area (Å²) in [7, 11) is 0. The van der Waals surface area contributed by atoms with Gasteiger partial charge < -0.3 is 11.1 Å². The molecule has 15 heavy (non-hydrogen) atoms. The smallest absolute Gasteiger partial charge is 0.242 e. The predicted molar refractivity (Wildman–Crippen MR) is 65.7 cm³/mol. The SMILES string of the molecule is CCC(C)(Nc1ccc(Br)cc1)C(N)=O. The van der Waals surface area contributed by atoms with E-state index in [9.17, 15) is 4.79 Å². The molecule has 0 saturated heterocycles. The van der Waals surface area contributed by atoms with Crippen LogP contribution in [0.4, 0.5) is 5.69 Å². The largest absolute Gasteiger partial charge is 0.371 e. The van der Waals surface area contributed by atoms with Crippen molar-refractivity contribution in [2.24, 2.45) is 5.73 Å². The maximum Gasteiger partial charge on any atom is 0.242 e. The van der Waals surface area contributed by atoms with Crippen LogP contribution in [0.15, 0.2) is 28.7 Å². The fourth-order valence-corrected chi connectivity index (χ4v) is 1.44. The van der Waals surface area contributed by atoms with Gasteiger partial charge in [-0.25, -0.2) is 0 Å². The van der Waals surface area contributed by atoms with Crippen molar-refractivity contribution < 1.29 is 4.79 Å². The van der Waals surface area contributed by atoms with E-state index in [1.165, 1.54) is 0 Å². The highest BCUT2D eigenvalue weighted by atomic mass is 79.9. The first-order valence-corrected chi connectivity index (χ1v) is 5.61. The molecular formula is C11H15BrN2O. The van der Waals surface area contributed by atoms with Crippen LogP contribution in [0.1, 0.15) is 20.3 Å². The summed E-state index contributed by atoms with van der Waals surface area (Å²) in [6.07, 6.45) is 0.651. The topological polar surface area (TPSA) is 55.1 Å². The molecule has 1 atom stereocenters. The number of hydrogen-bond acceptors (Lipinski definition) is 2. The van der Waals surface area contributed by atoms with Gasteiger partial charge in [0, 0.05) is 10.2 Å². The van der Waals surface area contributed by atoms with Gasteiger partial charge in [-0.1, -0.05) is 22.9 Å². The molecule has 0 radical (unpaired) electrons. The molecule has 0 saturated carbocycles. The van der Waals surface area contributed by atoms with E-state index >= 15 is 0 Å². The average Bonchev–Trinajstić information content (AvgIpc) is 2.21. The molecule has 1 amide bonds. The third kappa shape index (κ3) is 2.96. The van der Waals surface area contributed by atoms with Gasteiger partial charge >= 0.3 is 0 Å². The van der Waals surface area contributed by atoms with Crippen LogP contribution in [0.5, 0.6) is 0 Å². The zero-order valence-corrected chi connectivity index (χ0v) is 10.5. The van der Waals surface area contributed by atoms with E-state index < -0.39 is 5.54 Å². The summed E-state index contributed by atoms with van der Waals surface area (Å²) in [5.41, 5.74) is 5.55. The molecule has 3 nitrogen and oxygen atoms in total. The molecule has 0 heterocycles. The lowest BCUT2D eigenvalue weighted by atomic mass is 9.97. The minimum Gasteiger partial charge on any atom is -0.371 e. The maximum atomic E-state index is 11.3. The highest BCUT2D eigenvalue weighted by molar-refractivity contribution is 9.10. The Labute approximate surface area is 98.2 Å². The molecule has 1 aromatic carbocycles. The number of rotatable bonds is 4. The van der Waals surface area contributed by atoms with Gasteiger partial charge in [-0.3, -0.25) is 4.79 Å². The lowest BCUT2D eigenvalue weighted by Crippen LogP contribution is -2.47. The van der Waals surface area contributed by atoms with Crippen LogP contribution >= 0.6 is 15.9 Å². The Bertz CT molecular complexity index is 350. The normalized spacial score (nSPS) is 14.3. The maximum absolute atomic E-state index is 11.3. The second-order valence-corrected chi connectivity index (χ2v) is 4.60. The second kappa shape index (κ2) is 4.66. The molecule has 0 bridgehead atoms. The lowest BCUT2D eigenvalue weighted by Gasteiger charge is -2.27. The monoisotopic (exact) mass is 270 g/mol. The standard InChI is InChI=1S/C11H15BrN2O/c1-3-11(2,10(13)15)14-9-6-4-8(12)5-7-9/h4-7,14H,3H2,1-2H3,(H2,13,15). The van der Waals surface area contributed by atoms with Crippen molar-refractivity contribution in [2.75, 3.05) is 5.32 Å². The molecule has 3 N–H and O–H groups in total. The first kappa shape index (κ1) is 12.0. The summed E-state index contributed by atoms with van der Waals surface area (Å²) in [5.74, 6) is -0.340. The molecule has 1 rings (SSSR count). The molecular weight excluding hydrogens is 256 g/mol. The van der Waals surface area contributed by atoms with E-state index in [0.29, 0.717) is 6.42 Å². The van der Waals surface area contributed by atoms with Crippen LogP contribution in [0.3, 0.4) is 0 Å². The zero-order chi connectivity index (χ0) is 11.5. The van der Waals surface area contributed by atoms with E-state index in [1.807, 2.05) is 31.2 Å². The predicted octanol–water partition coefficient (Wildman–Crippen LogP) is 2.51. The van der Waals surface area contributed by atoms with Gasteiger partial charge in [0.2, 0.25) is 5.91 Å². The number of primary amides is 1. The van der Waals surface area contributed by atoms with Crippen LogP contribution in [-0.4, -0.2) is 11.4 Å². The summed E-state index contributed by atoms with van der Waals surface area (Å²) in [5, 5.41) is 3.14. The number of nitrogens with two attached hydrogens (primary N) is 1. The van der Waals surface area contributed by atoms with Crippen molar-refractivity contribution in [1.82, 2.24) is 0 Å². The van der Waals surface area contributed by atoms with Gasteiger partial charge in [0.05, 0.1) is 0 Å². The van der Waals surface area contributed by atoms with Crippen LogP contribution in [-0.2, 0) is 4.79 Å². The number of benzene rings is 1. The van der Waals surface area contributed by atoms with Gasteiger partial charge in [-0.15, -0.1) is 0 Å². The molecule has 1 aromatic rings. The van der Waals surface area contributed by atoms with E-state index in [-0.39, 0.29) is 5.91 Å². The molecule has 0 aliphatic heterocycles. The molecule has 1 unspecified atom stereocenters. The lowest BCUT2D eigenvalue weighted by molar-refractivity contribution is -0.121. The summed E-state index contributed by atoms with van der Waals surface area (Å²) in [6.45, 7) is 3.73. The molecule has 0 fully saturated rings. The van der Waals surface area contributed by atoms with Crippen molar-refractivity contribution in [2.45, 2.75) is 25.8 Å². The molecule has 4 heteroatoms. The first-order chi connectivity index (χ1) is 6.98. The van der Waals surface area contributed by atoms with Crippen molar-refractivity contribution >= 4 is 27.5 Å². The first-order valence-electron chi connectivity index (χ1n) is 4.81. The van der Waals surface area contributed by atoms with E-state index in [0.717, 1.165) is 10.2 Å². The fraction of sp³-hybridized carbons (Fsp3) is 0.364. The number of carbonyl (C=O) groups excluding carboxylic acids is 1. The van der Waals surface area contributed by atoms with Crippen molar-refractivity contribution in [1.29, 1.82) is 0 Å². The Morgan fingerprint density at radius 1 is 1.47 bits per heavy atom. The van der Waals surface area contributed by atoms with E-state index in [4.69, 9.17) is 5.73 Å². The number of nitrogens with one attached hydrogen (secondary N) is 1. The van der Waals surface area contributed by atoms with Gasteiger partial charge in [-0.05, 0) is 37.6 Å². The highest BCUT2D eigenvalue weighted by Gasteiger charge is 2.28. The average molecular weight is 271 g/mol. The Balaban J connectivity index is 2.84. The Hall–Kier alpha value is -1.03. The fourth-order valence-electron chi connectivity index (χ4n) is 1.18. The zero-order valence-electron chi connectivity index (χ0n) is 8.88. The number of anilines is 1. The molecule has 0 aromatic heterocycles. The molecule has 0 aliphatic carbocycles. The third-order valence-corrected chi connectivity index (χ3v) is 3.04. The summed E-state index contributed by atoms with van der Waals surface area (Å²) < 4.78 is 1.00. The van der Waals surface area contributed by atoms with Gasteiger partial charge in [0.15, 0.2) is 0 Å². The van der Waals surface area contributed by atoms with Gasteiger partial charge in [0.25, 0.3) is 0 Å². The van der Waals surface area contributed by atoms with E-state index in [1.54, 1.807) is 6.92 Å². The summed E-state index contributed by atoms with van der Waals surface area (Å²) >= 11 is 3.35. The number of amides is 1. The van der Waals surface area contributed by atoms with Crippen LogP contribution in [0, 0.1) is 0 Å². The highest BCUT2D eigenvalue weighted by Crippen LogP contribution is 2.20. The quantitative estimate of drug-likeness (QED) is 0.884. The minimum absolute atomic E-state index is 0.340. The Morgan fingerprint density at radius 3 is 2.40 bits per heavy atom. The number of halogens is 1. The molecule has 0 spiro atoms. The molecule has 0 aliphatic rings. The third-order valence-electron chi connectivity index (χ3n) is 2.52. The van der Waals surface area contributed by atoms with Crippen LogP contribution in [0.25, 0.3) is 0 Å². The number of carbonyl (C=O) groups is 1. The number of hydrogen-bond donors (Lipinski definition) is 2. The Kier molecular flexibility index (Phi) is 3.74. The summed E-state index contributed by atoms with van der Waals surface area (Å²) in [4.78, 5) is 11.3. The van der Waals surface area contributed by atoms with Gasteiger partial charge in [0.1, 0.15) is 5.54 Å². The van der Waals surface area contributed by atoms with Crippen molar-refractivity contribution in [3.8, 4) is 0 Å². The van der Waals surface area contributed by atoms with Crippen molar-refractivity contribution in [3.63, 3.8) is 0 Å². The second-order valence-electron chi connectivity index (χ2n) is 3.68. The van der Waals surface area contributed by atoms with Gasteiger partial charge in [-0.2, -0.15) is 0 Å². The van der Waals surface area contributed by atoms with Crippen molar-refractivity contribution in [3.05, 3.63) is 28.7 Å². The Morgan fingerprint density at radius 2 is 2.00 bits per heavy atom. The van der Waals surface area contributed by atoms with Crippen LogP contribution in [0.2, 0.25) is 0 Å².